The van der Waals surface area contributed by atoms with Gasteiger partial charge in [-0.05, 0) is 60.7 Å². The summed E-state index contributed by atoms with van der Waals surface area (Å²) in [5.41, 5.74) is 2.30. The van der Waals surface area contributed by atoms with E-state index in [2.05, 4.69) is 27.4 Å². The molecular formula is C15H24. The van der Waals surface area contributed by atoms with E-state index in [0.717, 1.165) is 29.6 Å². The molecule has 84 valence electrons. The molecule has 0 aromatic heterocycles. The highest BCUT2D eigenvalue weighted by Crippen LogP contribution is 2.70. The van der Waals surface area contributed by atoms with Crippen LogP contribution in [-0.4, -0.2) is 0 Å². The molecule has 5 atom stereocenters. The topological polar surface area (TPSA) is 0 Å². The first-order valence-corrected chi connectivity index (χ1v) is 6.74. The maximum absolute atomic E-state index is 4.46. The fourth-order valence-electron chi connectivity index (χ4n) is 5.29. The van der Waals surface area contributed by atoms with Crippen LogP contribution in [0.15, 0.2) is 12.2 Å². The number of rotatable bonds is 1. The molecule has 0 aromatic carbocycles. The molecule has 0 heteroatoms. The Morgan fingerprint density at radius 2 is 2.00 bits per heavy atom. The third kappa shape index (κ3) is 1.04. The zero-order valence-corrected chi connectivity index (χ0v) is 10.4. The average molecular weight is 204 g/mol. The van der Waals surface area contributed by atoms with Gasteiger partial charge in [-0.15, -0.1) is 0 Å². The molecule has 0 heterocycles. The SMILES string of the molecule is C=C1[C@@H]2[C@@H](C(C)C)CC[C@]3(C)[C@@H]1CC[C@H]23. The van der Waals surface area contributed by atoms with Gasteiger partial charge in [0.25, 0.3) is 0 Å². The van der Waals surface area contributed by atoms with Gasteiger partial charge < -0.3 is 0 Å². The smallest absolute Gasteiger partial charge is 0.0138 e. The van der Waals surface area contributed by atoms with E-state index in [9.17, 15) is 0 Å². The van der Waals surface area contributed by atoms with Crippen LogP contribution in [0.1, 0.15) is 46.5 Å². The summed E-state index contributed by atoms with van der Waals surface area (Å²) in [6.07, 6.45) is 5.88. The minimum atomic E-state index is 0.660. The Morgan fingerprint density at radius 3 is 2.67 bits per heavy atom. The molecule has 3 fully saturated rings. The van der Waals surface area contributed by atoms with Gasteiger partial charge in [-0.1, -0.05) is 32.9 Å². The molecule has 0 aromatic rings. The van der Waals surface area contributed by atoms with Crippen LogP contribution in [0, 0.1) is 35.0 Å². The summed E-state index contributed by atoms with van der Waals surface area (Å²) in [4.78, 5) is 0. The van der Waals surface area contributed by atoms with Gasteiger partial charge in [0.2, 0.25) is 0 Å². The highest BCUT2D eigenvalue weighted by atomic mass is 14.7. The van der Waals surface area contributed by atoms with E-state index in [-0.39, 0.29) is 0 Å². The van der Waals surface area contributed by atoms with Gasteiger partial charge in [-0.25, -0.2) is 0 Å². The van der Waals surface area contributed by atoms with Crippen LogP contribution < -0.4 is 0 Å². The Bertz CT molecular complexity index is 301. The van der Waals surface area contributed by atoms with Gasteiger partial charge in [0.05, 0.1) is 0 Å². The van der Waals surface area contributed by atoms with E-state index in [1.54, 1.807) is 5.57 Å². The fraction of sp³-hybridized carbons (Fsp3) is 0.867. The van der Waals surface area contributed by atoms with Crippen LogP contribution >= 0.6 is 0 Å². The first kappa shape index (κ1) is 9.93. The molecule has 0 saturated heterocycles. The van der Waals surface area contributed by atoms with Crippen LogP contribution in [0.2, 0.25) is 0 Å². The van der Waals surface area contributed by atoms with Gasteiger partial charge in [0, 0.05) is 0 Å². The standard InChI is InChI=1S/C15H24/c1-9(2)11-7-8-15(4)12-5-6-13(15)14(11)10(12)3/h9,11-14H,3,5-8H2,1-2,4H3/t11-,12-,13-,14-,15-/m1/s1. The molecule has 4 bridgehead atoms. The molecule has 0 spiro atoms. The van der Waals surface area contributed by atoms with E-state index in [1.165, 1.54) is 25.7 Å². The summed E-state index contributed by atoms with van der Waals surface area (Å²) in [7, 11) is 0. The zero-order chi connectivity index (χ0) is 10.8. The highest BCUT2D eigenvalue weighted by Gasteiger charge is 2.61. The Kier molecular flexibility index (Phi) is 1.92. The summed E-state index contributed by atoms with van der Waals surface area (Å²) in [5, 5.41) is 0. The van der Waals surface area contributed by atoms with E-state index in [0.29, 0.717) is 5.41 Å². The molecule has 0 unspecified atom stereocenters. The third-order valence-electron chi connectivity index (χ3n) is 6.05. The quantitative estimate of drug-likeness (QED) is 0.559. The van der Waals surface area contributed by atoms with Crippen LogP contribution in [-0.2, 0) is 0 Å². The summed E-state index contributed by atoms with van der Waals surface area (Å²) in [6.45, 7) is 11.8. The van der Waals surface area contributed by atoms with Crippen molar-refractivity contribution in [3.63, 3.8) is 0 Å². The number of hydrogen-bond donors (Lipinski definition) is 0. The summed E-state index contributed by atoms with van der Waals surface area (Å²) < 4.78 is 0. The van der Waals surface area contributed by atoms with E-state index in [1.807, 2.05) is 0 Å². The van der Waals surface area contributed by atoms with Crippen molar-refractivity contribution < 1.29 is 0 Å². The third-order valence-corrected chi connectivity index (χ3v) is 6.05. The van der Waals surface area contributed by atoms with E-state index in [4.69, 9.17) is 0 Å². The highest BCUT2D eigenvalue weighted by molar-refractivity contribution is 5.28. The predicted octanol–water partition coefficient (Wildman–Crippen LogP) is 4.27. The molecule has 0 amide bonds. The maximum Gasteiger partial charge on any atom is -0.0138 e. The minimum absolute atomic E-state index is 0.660. The minimum Gasteiger partial charge on any atom is -0.0993 e. The molecule has 3 rings (SSSR count). The second-order valence-electron chi connectivity index (χ2n) is 6.79. The molecular weight excluding hydrogens is 180 g/mol. The lowest BCUT2D eigenvalue weighted by Crippen LogP contribution is -2.35. The molecule has 0 aliphatic heterocycles. The first-order valence-electron chi connectivity index (χ1n) is 6.74. The van der Waals surface area contributed by atoms with Crippen molar-refractivity contribution in [3.05, 3.63) is 12.2 Å². The molecule has 0 nitrogen and oxygen atoms in total. The van der Waals surface area contributed by atoms with Gasteiger partial charge in [0.1, 0.15) is 0 Å². The molecule has 3 aliphatic carbocycles. The molecule has 0 radical (unpaired) electrons. The van der Waals surface area contributed by atoms with Crippen molar-refractivity contribution in [1.29, 1.82) is 0 Å². The second-order valence-corrected chi connectivity index (χ2v) is 6.79. The predicted molar refractivity (Wildman–Crippen MR) is 64.5 cm³/mol. The van der Waals surface area contributed by atoms with Crippen molar-refractivity contribution in [2.45, 2.75) is 46.5 Å². The van der Waals surface area contributed by atoms with Crippen LogP contribution in [0.3, 0.4) is 0 Å². The fourth-order valence-corrected chi connectivity index (χ4v) is 5.29. The Morgan fingerprint density at radius 1 is 1.27 bits per heavy atom. The average Bonchev–Trinajstić information content (AvgIpc) is 2.57. The Hall–Kier alpha value is -0.260. The van der Waals surface area contributed by atoms with Gasteiger partial charge in [-0.2, -0.15) is 0 Å². The normalized spacial score (nSPS) is 52.9. The van der Waals surface area contributed by atoms with Crippen molar-refractivity contribution in [1.82, 2.24) is 0 Å². The lowest BCUT2D eigenvalue weighted by atomic mass is 9.62. The maximum atomic E-state index is 4.46. The molecule has 3 saturated carbocycles. The number of allylic oxidation sites excluding steroid dienone is 1. The molecule has 15 heavy (non-hydrogen) atoms. The van der Waals surface area contributed by atoms with E-state index >= 15 is 0 Å². The van der Waals surface area contributed by atoms with Crippen molar-refractivity contribution in [3.8, 4) is 0 Å². The largest absolute Gasteiger partial charge is 0.0993 e. The Balaban J connectivity index is 1.99. The lowest BCUT2D eigenvalue weighted by Gasteiger charge is -2.42. The number of hydrogen-bond acceptors (Lipinski definition) is 0. The van der Waals surface area contributed by atoms with Crippen LogP contribution in [0.5, 0.6) is 0 Å². The molecule has 0 N–H and O–H groups in total. The van der Waals surface area contributed by atoms with Crippen LogP contribution in [0.4, 0.5) is 0 Å². The van der Waals surface area contributed by atoms with Crippen LogP contribution in [0.25, 0.3) is 0 Å². The second kappa shape index (κ2) is 2.90. The first-order chi connectivity index (χ1) is 7.05. The lowest BCUT2D eigenvalue weighted by molar-refractivity contribution is 0.0739. The van der Waals surface area contributed by atoms with Gasteiger partial charge in [0.15, 0.2) is 0 Å². The van der Waals surface area contributed by atoms with Crippen molar-refractivity contribution in [2.75, 3.05) is 0 Å². The monoisotopic (exact) mass is 204 g/mol. The summed E-state index contributed by atoms with van der Waals surface area (Å²) in [5.74, 6) is 4.58. The van der Waals surface area contributed by atoms with Gasteiger partial charge in [-0.3, -0.25) is 0 Å². The Labute approximate surface area is 94.1 Å². The van der Waals surface area contributed by atoms with Gasteiger partial charge >= 0.3 is 0 Å². The summed E-state index contributed by atoms with van der Waals surface area (Å²) >= 11 is 0. The summed E-state index contributed by atoms with van der Waals surface area (Å²) in [6, 6.07) is 0. The van der Waals surface area contributed by atoms with E-state index < -0.39 is 0 Å². The zero-order valence-electron chi connectivity index (χ0n) is 10.4. The van der Waals surface area contributed by atoms with Crippen molar-refractivity contribution >= 4 is 0 Å². The molecule has 3 aliphatic rings. The van der Waals surface area contributed by atoms with Crippen molar-refractivity contribution in [2.24, 2.45) is 35.0 Å².